The van der Waals surface area contributed by atoms with Gasteiger partial charge in [0, 0.05) is 5.56 Å². The maximum atomic E-state index is 12.6. The topological polar surface area (TPSA) is 61.5 Å². The lowest BCUT2D eigenvalue weighted by atomic mass is 9.98. The van der Waals surface area contributed by atoms with Crippen LogP contribution in [0.4, 0.5) is 5.69 Å². The lowest BCUT2D eigenvalue weighted by Crippen LogP contribution is -2.06. The van der Waals surface area contributed by atoms with Crippen molar-refractivity contribution in [3.63, 3.8) is 0 Å². The van der Waals surface area contributed by atoms with Crippen molar-refractivity contribution in [3.05, 3.63) is 58.7 Å². The summed E-state index contributed by atoms with van der Waals surface area (Å²) in [6.45, 7) is 1.18. The van der Waals surface area contributed by atoms with Crippen molar-refractivity contribution in [2.24, 2.45) is 0 Å². The van der Waals surface area contributed by atoms with Crippen LogP contribution in [0.2, 0.25) is 0 Å². The minimum absolute atomic E-state index is 0.0937. The normalized spacial score (nSPS) is 13.1. The zero-order valence-electron chi connectivity index (χ0n) is 11.2. The first-order chi connectivity index (χ1) is 9.70. The van der Waals surface area contributed by atoms with Gasteiger partial charge in [0.15, 0.2) is 11.5 Å². The van der Waals surface area contributed by atoms with E-state index in [-0.39, 0.29) is 5.78 Å². The number of carbonyl (C=O) groups is 1. The zero-order chi connectivity index (χ0) is 14.1. The van der Waals surface area contributed by atoms with Crippen LogP contribution in [0.1, 0.15) is 27.0 Å². The van der Waals surface area contributed by atoms with Gasteiger partial charge in [0.1, 0.15) is 0 Å². The van der Waals surface area contributed by atoms with E-state index in [1.165, 1.54) is 7.11 Å². The van der Waals surface area contributed by atoms with Crippen molar-refractivity contribution >= 4 is 11.5 Å². The third kappa shape index (κ3) is 2.04. The number of methoxy groups -OCH3 is 1. The Bertz CT molecular complexity index is 679. The van der Waals surface area contributed by atoms with Crippen molar-refractivity contribution in [2.45, 2.75) is 13.2 Å². The van der Waals surface area contributed by atoms with E-state index in [1.54, 1.807) is 18.2 Å². The van der Waals surface area contributed by atoms with E-state index >= 15 is 0 Å². The minimum Gasteiger partial charge on any atom is -0.494 e. The van der Waals surface area contributed by atoms with E-state index in [2.05, 4.69) is 0 Å². The molecule has 0 aliphatic carbocycles. The fraction of sp³-hybridized carbons (Fsp3) is 0.188. The number of nitrogen functional groups attached to an aromatic ring is 1. The van der Waals surface area contributed by atoms with Gasteiger partial charge in [-0.1, -0.05) is 18.2 Å². The number of ether oxygens (including phenoxy) is 2. The second-order valence-corrected chi connectivity index (χ2v) is 4.73. The van der Waals surface area contributed by atoms with Crippen LogP contribution in [0.3, 0.4) is 0 Å². The Hall–Kier alpha value is -2.33. The summed E-state index contributed by atoms with van der Waals surface area (Å²) >= 11 is 0. The van der Waals surface area contributed by atoms with Crippen molar-refractivity contribution in [3.8, 4) is 5.75 Å². The molecule has 0 atom stereocenters. The second kappa shape index (κ2) is 4.98. The van der Waals surface area contributed by atoms with Gasteiger partial charge in [0.05, 0.1) is 31.6 Å². The Morgan fingerprint density at radius 2 is 2.00 bits per heavy atom. The molecule has 0 fully saturated rings. The monoisotopic (exact) mass is 269 g/mol. The van der Waals surface area contributed by atoms with E-state index in [4.69, 9.17) is 15.2 Å². The molecule has 102 valence electrons. The predicted octanol–water partition coefficient (Wildman–Crippen LogP) is 2.54. The largest absolute Gasteiger partial charge is 0.494 e. The molecule has 2 N–H and O–H groups in total. The number of rotatable bonds is 3. The summed E-state index contributed by atoms with van der Waals surface area (Å²) < 4.78 is 10.6. The van der Waals surface area contributed by atoms with Crippen molar-refractivity contribution in [1.29, 1.82) is 0 Å². The highest BCUT2D eigenvalue weighted by molar-refractivity contribution is 6.11. The Labute approximate surface area is 117 Å². The molecule has 1 aliphatic heterocycles. The molecular weight excluding hydrogens is 254 g/mol. The molecule has 2 aromatic rings. The molecule has 0 radical (unpaired) electrons. The van der Waals surface area contributed by atoms with Crippen LogP contribution in [0.5, 0.6) is 5.75 Å². The Morgan fingerprint density at radius 1 is 1.20 bits per heavy atom. The van der Waals surface area contributed by atoms with Gasteiger partial charge >= 0.3 is 0 Å². The molecule has 0 aromatic heterocycles. The van der Waals surface area contributed by atoms with Crippen LogP contribution in [-0.2, 0) is 18.0 Å². The number of ketones is 1. The van der Waals surface area contributed by atoms with Crippen molar-refractivity contribution in [1.82, 2.24) is 0 Å². The van der Waals surface area contributed by atoms with Gasteiger partial charge in [-0.15, -0.1) is 0 Å². The fourth-order valence-corrected chi connectivity index (χ4v) is 2.43. The van der Waals surface area contributed by atoms with Gasteiger partial charge in [-0.05, 0) is 29.3 Å². The summed E-state index contributed by atoms with van der Waals surface area (Å²) in [4.78, 5) is 12.6. The molecule has 1 aliphatic rings. The van der Waals surface area contributed by atoms with Gasteiger partial charge in [0.25, 0.3) is 0 Å². The number of carbonyl (C=O) groups excluding carboxylic acids is 1. The number of hydrogen-bond acceptors (Lipinski definition) is 4. The standard InChI is InChI=1S/C16H15NO3/c1-19-16-13(3-2-4-14(16)17)15(18)10-5-6-11-8-20-9-12(11)7-10/h2-7H,8-9,17H2,1H3. The molecule has 20 heavy (non-hydrogen) atoms. The molecule has 2 aromatic carbocycles. The molecule has 1 heterocycles. The van der Waals surface area contributed by atoms with E-state index in [1.807, 2.05) is 18.2 Å². The summed E-state index contributed by atoms with van der Waals surface area (Å²) in [5.41, 5.74) is 9.61. The number of hydrogen-bond donors (Lipinski definition) is 1. The van der Waals surface area contributed by atoms with Crippen LogP contribution < -0.4 is 10.5 Å². The molecule has 3 rings (SSSR count). The molecule has 0 saturated carbocycles. The van der Waals surface area contributed by atoms with E-state index in [0.717, 1.165) is 11.1 Å². The molecule has 0 unspecified atom stereocenters. The van der Waals surface area contributed by atoms with E-state index < -0.39 is 0 Å². The third-order valence-electron chi connectivity index (χ3n) is 3.48. The van der Waals surface area contributed by atoms with Crippen molar-refractivity contribution in [2.75, 3.05) is 12.8 Å². The quantitative estimate of drug-likeness (QED) is 0.687. The first kappa shape index (κ1) is 12.7. The van der Waals surface area contributed by atoms with Crippen LogP contribution in [0, 0.1) is 0 Å². The predicted molar refractivity (Wildman–Crippen MR) is 75.8 cm³/mol. The highest BCUT2D eigenvalue weighted by Crippen LogP contribution is 2.29. The van der Waals surface area contributed by atoms with Crippen molar-refractivity contribution < 1.29 is 14.3 Å². The van der Waals surface area contributed by atoms with Gasteiger partial charge in [-0.2, -0.15) is 0 Å². The van der Waals surface area contributed by atoms with Crippen LogP contribution in [0.25, 0.3) is 0 Å². The van der Waals surface area contributed by atoms with E-state index in [9.17, 15) is 4.79 Å². The first-order valence-electron chi connectivity index (χ1n) is 6.37. The van der Waals surface area contributed by atoms with E-state index in [0.29, 0.717) is 35.8 Å². The molecule has 4 heteroatoms. The minimum atomic E-state index is -0.0937. The first-order valence-corrected chi connectivity index (χ1v) is 6.37. The molecule has 4 nitrogen and oxygen atoms in total. The third-order valence-corrected chi connectivity index (χ3v) is 3.48. The SMILES string of the molecule is COc1c(N)cccc1C(=O)c1ccc2c(c1)COC2. The lowest BCUT2D eigenvalue weighted by molar-refractivity contribution is 0.103. The van der Waals surface area contributed by atoms with Gasteiger partial charge in [-0.25, -0.2) is 0 Å². The highest BCUT2D eigenvalue weighted by atomic mass is 16.5. The fourth-order valence-electron chi connectivity index (χ4n) is 2.43. The molecule has 0 bridgehead atoms. The lowest BCUT2D eigenvalue weighted by Gasteiger charge is -2.10. The average Bonchev–Trinajstić information content (AvgIpc) is 2.93. The number of fused-ring (bicyclic) bond motifs is 1. The smallest absolute Gasteiger partial charge is 0.196 e. The van der Waals surface area contributed by atoms with Gasteiger partial charge in [0.2, 0.25) is 0 Å². The number of para-hydroxylation sites is 1. The number of anilines is 1. The Morgan fingerprint density at radius 3 is 2.80 bits per heavy atom. The number of benzene rings is 2. The molecule has 0 saturated heterocycles. The molecule has 0 spiro atoms. The van der Waals surface area contributed by atoms with Crippen LogP contribution in [0.15, 0.2) is 36.4 Å². The van der Waals surface area contributed by atoms with Crippen LogP contribution >= 0.6 is 0 Å². The summed E-state index contributed by atoms with van der Waals surface area (Å²) in [5.74, 6) is 0.332. The average molecular weight is 269 g/mol. The Balaban J connectivity index is 2.03. The summed E-state index contributed by atoms with van der Waals surface area (Å²) in [6, 6.07) is 10.8. The highest BCUT2D eigenvalue weighted by Gasteiger charge is 2.19. The molecule has 0 amide bonds. The summed E-state index contributed by atoms with van der Waals surface area (Å²) in [5, 5.41) is 0. The Kier molecular flexibility index (Phi) is 3.16. The van der Waals surface area contributed by atoms with Gasteiger partial charge in [-0.3, -0.25) is 4.79 Å². The number of nitrogens with two attached hydrogens (primary N) is 1. The zero-order valence-corrected chi connectivity index (χ0v) is 11.2. The summed E-state index contributed by atoms with van der Waals surface area (Å²) in [7, 11) is 1.51. The maximum absolute atomic E-state index is 12.6. The maximum Gasteiger partial charge on any atom is 0.196 e. The second-order valence-electron chi connectivity index (χ2n) is 4.73. The summed E-state index contributed by atoms with van der Waals surface area (Å²) in [6.07, 6.45) is 0. The van der Waals surface area contributed by atoms with Crippen LogP contribution in [-0.4, -0.2) is 12.9 Å². The molecular formula is C16H15NO3. The van der Waals surface area contributed by atoms with Gasteiger partial charge < -0.3 is 15.2 Å².